The van der Waals surface area contributed by atoms with Gasteiger partial charge in [-0.3, -0.25) is 0 Å². The maximum absolute atomic E-state index is 2.40. The molecule has 0 amide bonds. The Morgan fingerprint density at radius 3 is 1.48 bits per heavy atom. The average Bonchev–Trinajstić information content (AvgIpc) is 2.77. The minimum Gasteiger partial charge on any atom is -0.0588 e. The highest BCUT2D eigenvalue weighted by molar-refractivity contribution is 5.29. The first kappa shape index (κ1) is 20.7. The second-order valence-corrected chi connectivity index (χ2v) is 10.1. The molecule has 2 aromatic carbocycles. The van der Waals surface area contributed by atoms with Crippen molar-refractivity contribution in [1.29, 1.82) is 0 Å². The molecule has 2 aliphatic carbocycles. The maximum atomic E-state index is 2.40. The summed E-state index contributed by atoms with van der Waals surface area (Å²) >= 11 is 0. The summed E-state index contributed by atoms with van der Waals surface area (Å²) in [6.07, 6.45) is 18.2. The molecule has 1 atom stereocenters. The van der Waals surface area contributed by atoms with Gasteiger partial charge >= 0.3 is 0 Å². The predicted octanol–water partition coefficient (Wildman–Crippen LogP) is 8.28. The molecule has 0 radical (unpaired) electrons. The van der Waals surface area contributed by atoms with Crippen LogP contribution >= 0.6 is 0 Å². The van der Waals surface area contributed by atoms with Gasteiger partial charge in [-0.15, -0.1) is 0 Å². The van der Waals surface area contributed by atoms with E-state index in [2.05, 4.69) is 55.5 Å². The van der Waals surface area contributed by atoms with Crippen molar-refractivity contribution >= 4 is 0 Å². The molecule has 2 fully saturated rings. The van der Waals surface area contributed by atoms with E-state index < -0.39 is 0 Å². The zero-order valence-corrected chi connectivity index (χ0v) is 18.5. The van der Waals surface area contributed by atoms with Gasteiger partial charge < -0.3 is 0 Å². The minimum atomic E-state index is 0.586. The molecule has 0 saturated heterocycles. The first-order valence-electron chi connectivity index (χ1n) is 12.4. The quantitative estimate of drug-likeness (QED) is 0.447. The van der Waals surface area contributed by atoms with Crippen LogP contribution in [0.1, 0.15) is 99.3 Å². The van der Waals surface area contributed by atoms with Crippen LogP contribution in [0.4, 0.5) is 0 Å². The van der Waals surface area contributed by atoms with Crippen molar-refractivity contribution < 1.29 is 0 Å². The molecule has 156 valence electrons. The molecular formula is C29H40. The fraction of sp³-hybridized carbons (Fsp3) is 0.586. The van der Waals surface area contributed by atoms with Crippen molar-refractivity contribution in [2.75, 3.05) is 0 Å². The molecule has 1 unspecified atom stereocenters. The predicted molar refractivity (Wildman–Crippen MR) is 126 cm³/mol. The van der Waals surface area contributed by atoms with E-state index >= 15 is 0 Å². The number of benzene rings is 2. The normalized spacial score (nSPS) is 19.9. The lowest BCUT2D eigenvalue weighted by molar-refractivity contribution is 0.356. The van der Waals surface area contributed by atoms with Crippen molar-refractivity contribution in [3.8, 4) is 0 Å². The summed E-state index contributed by atoms with van der Waals surface area (Å²) < 4.78 is 0. The molecule has 29 heavy (non-hydrogen) atoms. The Bertz CT molecular complexity index is 712. The molecule has 4 rings (SSSR count). The molecule has 0 N–H and O–H groups in total. The van der Waals surface area contributed by atoms with Gasteiger partial charge in [0.25, 0.3) is 0 Å². The summed E-state index contributed by atoms with van der Waals surface area (Å²) in [7, 11) is 0. The molecule has 0 aromatic heterocycles. The van der Waals surface area contributed by atoms with Crippen molar-refractivity contribution in [3.05, 3.63) is 70.8 Å². The van der Waals surface area contributed by atoms with Crippen LogP contribution in [0.25, 0.3) is 0 Å². The van der Waals surface area contributed by atoms with E-state index in [0.29, 0.717) is 5.92 Å². The van der Waals surface area contributed by atoms with Crippen LogP contribution < -0.4 is 0 Å². The third-order valence-corrected chi connectivity index (χ3v) is 7.61. The molecule has 2 aromatic rings. The Morgan fingerprint density at radius 2 is 1.00 bits per heavy atom. The van der Waals surface area contributed by atoms with Gasteiger partial charge in [-0.05, 0) is 59.3 Å². The van der Waals surface area contributed by atoms with Gasteiger partial charge in [-0.25, -0.2) is 0 Å². The van der Waals surface area contributed by atoms with Crippen LogP contribution in [0.5, 0.6) is 0 Å². The smallest absolute Gasteiger partial charge is 0.0150 e. The zero-order valence-electron chi connectivity index (χ0n) is 18.5. The van der Waals surface area contributed by atoms with Crippen molar-refractivity contribution in [1.82, 2.24) is 0 Å². The molecule has 0 heterocycles. The van der Waals surface area contributed by atoms with Crippen molar-refractivity contribution in [2.45, 2.75) is 96.3 Å². The summed E-state index contributed by atoms with van der Waals surface area (Å²) in [5, 5.41) is 0. The molecule has 0 spiro atoms. The summed E-state index contributed by atoms with van der Waals surface area (Å²) in [4.78, 5) is 0. The topological polar surface area (TPSA) is 0 Å². The second kappa shape index (κ2) is 10.5. The lowest BCUT2D eigenvalue weighted by Crippen LogP contribution is -2.09. The lowest BCUT2D eigenvalue weighted by atomic mass is 9.84. The molecule has 2 aliphatic rings. The molecular weight excluding hydrogens is 348 g/mol. The SMILES string of the molecule is CC(Cc1ccc(CC2CCCCC2)cc1)c1ccc(CC2CCCCC2)cc1. The standard InChI is InChI=1S/C29H40/c1-23(29-18-16-28(17-19-29)22-25-10-6-3-7-11-25)20-26-12-14-27(15-13-26)21-24-8-4-2-5-9-24/h12-19,23-25H,2-11,20-22H2,1H3. The van der Waals surface area contributed by atoms with Crippen LogP contribution in [0, 0.1) is 11.8 Å². The number of hydrogen-bond donors (Lipinski definition) is 0. The molecule has 2 saturated carbocycles. The van der Waals surface area contributed by atoms with Crippen LogP contribution in [0.3, 0.4) is 0 Å². The highest BCUT2D eigenvalue weighted by Gasteiger charge is 2.15. The maximum Gasteiger partial charge on any atom is -0.0150 e. The van der Waals surface area contributed by atoms with E-state index in [-0.39, 0.29) is 0 Å². The second-order valence-electron chi connectivity index (χ2n) is 10.1. The number of hydrogen-bond acceptors (Lipinski definition) is 0. The van der Waals surface area contributed by atoms with Crippen molar-refractivity contribution in [2.24, 2.45) is 11.8 Å². The minimum absolute atomic E-state index is 0.586. The Balaban J connectivity index is 1.28. The van der Waals surface area contributed by atoms with Gasteiger partial charge in [-0.2, -0.15) is 0 Å². The summed E-state index contributed by atoms with van der Waals surface area (Å²) in [5.41, 5.74) is 6.06. The van der Waals surface area contributed by atoms with Gasteiger partial charge in [0.2, 0.25) is 0 Å². The van der Waals surface area contributed by atoms with Crippen LogP contribution in [0.2, 0.25) is 0 Å². The third-order valence-electron chi connectivity index (χ3n) is 7.61. The summed E-state index contributed by atoms with van der Waals surface area (Å²) in [6, 6.07) is 19.1. The molecule has 0 bridgehead atoms. The van der Waals surface area contributed by atoms with E-state index in [1.807, 2.05) is 0 Å². The largest absolute Gasteiger partial charge is 0.0588 e. The first-order valence-corrected chi connectivity index (χ1v) is 12.4. The van der Waals surface area contributed by atoms with Gasteiger partial charge in [0, 0.05) is 0 Å². The third kappa shape index (κ3) is 6.21. The van der Waals surface area contributed by atoms with Crippen LogP contribution in [0.15, 0.2) is 48.5 Å². The van der Waals surface area contributed by atoms with E-state index in [1.54, 1.807) is 11.1 Å². The van der Waals surface area contributed by atoms with Gasteiger partial charge in [0.15, 0.2) is 0 Å². The highest BCUT2D eigenvalue weighted by Crippen LogP contribution is 2.29. The summed E-state index contributed by atoms with van der Waals surface area (Å²) in [5.74, 6) is 2.45. The fourth-order valence-electron chi connectivity index (χ4n) is 5.71. The van der Waals surface area contributed by atoms with Gasteiger partial charge in [-0.1, -0.05) is 120 Å². The van der Waals surface area contributed by atoms with E-state index in [0.717, 1.165) is 18.3 Å². The Labute approximate surface area is 179 Å². The van der Waals surface area contributed by atoms with Crippen molar-refractivity contribution in [3.63, 3.8) is 0 Å². The van der Waals surface area contributed by atoms with E-state index in [9.17, 15) is 0 Å². The monoisotopic (exact) mass is 388 g/mol. The average molecular weight is 389 g/mol. The fourth-order valence-corrected chi connectivity index (χ4v) is 5.71. The highest BCUT2D eigenvalue weighted by atomic mass is 14.2. The Hall–Kier alpha value is -1.56. The van der Waals surface area contributed by atoms with Crippen LogP contribution in [-0.4, -0.2) is 0 Å². The molecule has 0 heteroatoms. The lowest BCUT2D eigenvalue weighted by Gasteiger charge is -2.22. The van der Waals surface area contributed by atoms with Gasteiger partial charge in [0.05, 0.1) is 0 Å². The first-order chi connectivity index (χ1) is 14.3. The van der Waals surface area contributed by atoms with E-state index in [4.69, 9.17) is 0 Å². The van der Waals surface area contributed by atoms with Gasteiger partial charge in [0.1, 0.15) is 0 Å². The Morgan fingerprint density at radius 1 is 0.586 bits per heavy atom. The molecule has 0 nitrogen and oxygen atoms in total. The zero-order chi connectivity index (χ0) is 19.9. The van der Waals surface area contributed by atoms with Crippen LogP contribution in [-0.2, 0) is 19.3 Å². The summed E-state index contributed by atoms with van der Waals surface area (Å²) in [6.45, 7) is 2.38. The Kier molecular flexibility index (Phi) is 7.47. The number of rotatable bonds is 7. The molecule has 0 aliphatic heterocycles. The van der Waals surface area contributed by atoms with E-state index in [1.165, 1.54) is 88.2 Å².